The average molecular weight is 245 g/mol. The maximum absolute atomic E-state index is 9.76. The summed E-state index contributed by atoms with van der Waals surface area (Å²) in [5, 5.41) is 10.5. The van der Waals surface area contributed by atoms with Crippen LogP contribution < -0.4 is 4.74 Å². The first kappa shape index (κ1) is 11.3. The van der Waals surface area contributed by atoms with Crippen LogP contribution in [0.2, 0.25) is 0 Å². The van der Waals surface area contributed by atoms with Crippen molar-refractivity contribution in [2.45, 2.75) is 18.9 Å². The monoisotopic (exact) mass is 245 g/mol. The quantitative estimate of drug-likeness (QED) is 0.902. The summed E-state index contributed by atoms with van der Waals surface area (Å²) in [5.74, 6) is 0.918. The standard InChI is InChI=1S/C14H15NO3/c16-12-5-6-13(14-11(12)4-1-7-15-14)18-9-10-3-2-8-17-10/h1,4-7,10,16H,2-3,8-9H2. The highest BCUT2D eigenvalue weighted by atomic mass is 16.5. The summed E-state index contributed by atoms with van der Waals surface area (Å²) in [4.78, 5) is 4.26. The van der Waals surface area contributed by atoms with Gasteiger partial charge in [-0.3, -0.25) is 4.98 Å². The predicted molar refractivity (Wildman–Crippen MR) is 67.9 cm³/mol. The number of phenols is 1. The molecule has 1 fully saturated rings. The number of hydrogen-bond acceptors (Lipinski definition) is 4. The summed E-state index contributed by atoms with van der Waals surface area (Å²) in [5.41, 5.74) is 0.690. The molecule has 1 N–H and O–H groups in total. The zero-order chi connectivity index (χ0) is 12.4. The van der Waals surface area contributed by atoms with Gasteiger partial charge in [0.2, 0.25) is 0 Å². The predicted octanol–water partition coefficient (Wildman–Crippen LogP) is 2.50. The number of benzene rings is 1. The molecule has 0 aliphatic carbocycles. The van der Waals surface area contributed by atoms with Crippen LogP contribution >= 0.6 is 0 Å². The number of pyridine rings is 1. The van der Waals surface area contributed by atoms with Crippen molar-refractivity contribution in [2.75, 3.05) is 13.2 Å². The number of hydrogen-bond donors (Lipinski definition) is 1. The number of nitrogens with zero attached hydrogens (tertiary/aromatic N) is 1. The lowest BCUT2D eigenvalue weighted by molar-refractivity contribution is 0.0684. The van der Waals surface area contributed by atoms with Gasteiger partial charge < -0.3 is 14.6 Å². The van der Waals surface area contributed by atoms with Gasteiger partial charge in [-0.1, -0.05) is 0 Å². The van der Waals surface area contributed by atoms with E-state index in [1.807, 2.05) is 6.07 Å². The minimum absolute atomic E-state index is 0.178. The molecular weight excluding hydrogens is 230 g/mol. The van der Waals surface area contributed by atoms with E-state index in [9.17, 15) is 5.11 Å². The normalized spacial score (nSPS) is 19.2. The number of aromatic hydroxyl groups is 1. The van der Waals surface area contributed by atoms with E-state index in [0.717, 1.165) is 19.4 Å². The minimum atomic E-state index is 0.178. The molecule has 1 atom stereocenters. The fourth-order valence-electron chi connectivity index (χ4n) is 2.21. The first-order valence-corrected chi connectivity index (χ1v) is 6.16. The maximum atomic E-state index is 9.76. The van der Waals surface area contributed by atoms with Gasteiger partial charge in [-0.25, -0.2) is 0 Å². The van der Waals surface area contributed by atoms with Crippen molar-refractivity contribution in [1.29, 1.82) is 0 Å². The van der Waals surface area contributed by atoms with Crippen LogP contribution in [0.3, 0.4) is 0 Å². The zero-order valence-corrected chi connectivity index (χ0v) is 10.0. The summed E-state index contributed by atoms with van der Waals surface area (Å²) in [7, 11) is 0. The second kappa shape index (κ2) is 4.82. The molecule has 94 valence electrons. The fraction of sp³-hybridized carbons (Fsp3) is 0.357. The topological polar surface area (TPSA) is 51.6 Å². The maximum Gasteiger partial charge on any atom is 0.145 e. The summed E-state index contributed by atoms with van der Waals surface area (Å²) in [6, 6.07) is 7.01. The van der Waals surface area contributed by atoms with E-state index in [4.69, 9.17) is 9.47 Å². The number of rotatable bonds is 3. The Morgan fingerprint density at radius 2 is 2.33 bits per heavy atom. The summed E-state index contributed by atoms with van der Waals surface area (Å²) >= 11 is 0. The van der Waals surface area contributed by atoms with E-state index in [1.165, 1.54) is 0 Å². The largest absolute Gasteiger partial charge is 0.507 e. The molecule has 1 unspecified atom stereocenters. The first-order valence-electron chi connectivity index (χ1n) is 6.16. The Kier molecular flexibility index (Phi) is 3.02. The Bertz CT molecular complexity index is 550. The Balaban J connectivity index is 1.85. The Morgan fingerprint density at radius 3 is 3.17 bits per heavy atom. The molecule has 0 amide bonds. The number of phenolic OH excluding ortho intramolecular Hbond substituents is 1. The summed E-state index contributed by atoms with van der Waals surface area (Å²) < 4.78 is 11.3. The van der Waals surface area contributed by atoms with E-state index in [1.54, 1.807) is 24.4 Å². The number of fused-ring (bicyclic) bond motifs is 1. The third kappa shape index (κ3) is 2.11. The highest BCUT2D eigenvalue weighted by molar-refractivity contribution is 5.89. The SMILES string of the molecule is Oc1ccc(OCC2CCCO2)c2ncccc12. The molecule has 2 aromatic rings. The molecule has 0 radical (unpaired) electrons. The summed E-state index contributed by atoms with van der Waals surface area (Å²) in [6.07, 6.45) is 4.02. The van der Waals surface area contributed by atoms with Gasteiger partial charge in [0.15, 0.2) is 0 Å². The highest BCUT2D eigenvalue weighted by Crippen LogP contribution is 2.30. The van der Waals surface area contributed by atoms with Crippen LogP contribution in [0, 0.1) is 0 Å². The van der Waals surface area contributed by atoms with E-state index >= 15 is 0 Å². The second-order valence-corrected chi connectivity index (χ2v) is 4.43. The van der Waals surface area contributed by atoms with Gasteiger partial charge in [-0.2, -0.15) is 0 Å². The lowest BCUT2D eigenvalue weighted by Crippen LogP contribution is -2.16. The van der Waals surface area contributed by atoms with Gasteiger partial charge in [0, 0.05) is 18.2 Å². The van der Waals surface area contributed by atoms with E-state index < -0.39 is 0 Å². The van der Waals surface area contributed by atoms with Crippen molar-refractivity contribution in [1.82, 2.24) is 4.98 Å². The van der Waals surface area contributed by atoms with E-state index in [0.29, 0.717) is 23.3 Å². The highest BCUT2D eigenvalue weighted by Gasteiger charge is 2.17. The Hall–Kier alpha value is -1.81. The van der Waals surface area contributed by atoms with Crippen LogP contribution in [0.1, 0.15) is 12.8 Å². The zero-order valence-electron chi connectivity index (χ0n) is 10.0. The molecule has 1 aromatic heterocycles. The average Bonchev–Trinajstić information content (AvgIpc) is 2.92. The smallest absolute Gasteiger partial charge is 0.145 e. The first-order chi connectivity index (χ1) is 8.84. The molecule has 4 heteroatoms. The van der Waals surface area contributed by atoms with Gasteiger partial charge in [0.05, 0.1) is 6.10 Å². The molecule has 0 spiro atoms. The fourth-order valence-corrected chi connectivity index (χ4v) is 2.21. The molecular formula is C14H15NO3. The van der Waals surface area contributed by atoms with Crippen LogP contribution in [-0.2, 0) is 4.74 Å². The van der Waals surface area contributed by atoms with Crippen molar-refractivity contribution in [3.8, 4) is 11.5 Å². The van der Waals surface area contributed by atoms with Crippen molar-refractivity contribution < 1.29 is 14.6 Å². The lowest BCUT2D eigenvalue weighted by atomic mass is 10.2. The molecule has 0 saturated carbocycles. The lowest BCUT2D eigenvalue weighted by Gasteiger charge is -2.13. The van der Waals surface area contributed by atoms with Crippen LogP contribution in [-0.4, -0.2) is 29.4 Å². The molecule has 3 rings (SSSR count). The van der Waals surface area contributed by atoms with E-state index in [2.05, 4.69) is 4.98 Å². The van der Waals surface area contributed by atoms with Crippen molar-refractivity contribution >= 4 is 10.9 Å². The van der Waals surface area contributed by atoms with Crippen LogP contribution in [0.4, 0.5) is 0 Å². The van der Waals surface area contributed by atoms with Crippen molar-refractivity contribution in [2.24, 2.45) is 0 Å². The molecule has 1 aromatic carbocycles. The van der Waals surface area contributed by atoms with Crippen LogP contribution in [0.5, 0.6) is 11.5 Å². The third-order valence-electron chi connectivity index (χ3n) is 3.16. The molecule has 18 heavy (non-hydrogen) atoms. The molecule has 1 saturated heterocycles. The molecule has 1 aliphatic heterocycles. The number of aromatic nitrogens is 1. The Morgan fingerprint density at radius 1 is 1.39 bits per heavy atom. The van der Waals surface area contributed by atoms with Gasteiger partial charge in [-0.15, -0.1) is 0 Å². The third-order valence-corrected chi connectivity index (χ3v) is 3.16. The molecule has 1 aliphatic rings. The van der Waals surface area contributed by atoms with Crippen LogP contribution in [0.15, 0.2) is 30.5 Å². The van der Waals surface area contributed by atoms with Crippen molar-refractivity contribution in [3.63, 3.8) is 0 Å². The minimum Gasteiger partial charge on any atom is -0.507 e. The molecule has 0 bridgehead atoms. The van der Waals surface area contributed by atoms with E-state index in [-0.39, 0.29) is 11.9 Å². The van der Waals surface area contributed by atoms with Gasteiger partial charge >= 0.3 is 0 Å². The molecule has 4 nitrogen and oxygen atoms in total. The van der Waals surface area contributed by atoms with Gasteiger partial charge in [0.1, 0.15) is 23.6 Å². The van der Waals surface area contributed by atoms with Crippen LogP contribution in [0.25, 0.3) is 10.9 Å². The Labute approximate surface area is 105 Å². The summed E-state index contributed by atoms with van der Waals surface area (Å²) in [6.45, 7) is 1.36. The second-order valence-electron chi connectivity index (χ2n) is 4.43. The van der Waals surface area contributed by atoms with Crippen molar-refractivity contribution in [3.05, 3.63) is 30.5 Å². The van der Waals surface area contributed by atoms with Gasteiger partial charge in [-0.05, 0) is 37.1 Å². The molecule has 2 heterocycles. The van der Waals surface area contributed by atoms with Gasteiger partial charge in [0.25, 0.3) is 0 Å². The number of ether oxygens (including phenoxy) is 2.